The molecule has 0 bridgehead atoms. The second-order valence-corrected chi connectivity index (χ2v) is 1.72. The van der Waals surface area contributed by atoms with E-state index in [1.165, 1.54) is 0 Å². The number of hydrogen-bond acceptors (Lipinski definition) is 3. The minimum atomic E-state index is -1.92. The average Bonchev–Trinajstić information content (AvgIpc) is 1.59. The van der Waals surface area contributed by atoms with Crippen LogP contribution in [0.25, 0.3) is 0 Å². The topological polar surface area (TPSA) is 91.7 Å². The van der Waals surface area contributed by atoms with Gasteiger partial charge in [0.25, 0.3) is 0 Å². The zero-order valence-corrected chi connectivity index (χ0v) is 5.20. The molecule has 0 amide bonds. The zero-order chi connectivity index (χ0) is 8.31. The summed E-state index contributed by atoms with van der Waals surface area (Å²) in [6.45, 7) is 0.924. The lowest BCUT2D eigenvalue weighted by Crippen LogP contribution is -2.29. The summed E-state index contributed by atoms with van der Waals surface area (Å²) in [7, 11) is 0. The van der Waals surface area contributed by atoms with E-state index in [0.29, 0.717) is 0 Å². The van der Waals surface area contributed by atoms with Crippen LogP contribution in [0.15, 0.2) is 0 Å². The molecule has 0 radical (unpaired) electrons. The first-order chi connectivity index (χ1) is 4.46. The molecule has 0 unspecified atom stereocenters. The number of aliphatic carboxylic acids is 2. The van der Waals surface area contributed by atoms with Gasteiger partial charge in [0, 0.05) is 0 Å². The van der Waals surface area contributed by atoms with Gasteiger partial charge in [0.1, 0.15) is 0 Å². The van der Waals surface area contributed by atoms with Crippen molar-refractivity contribution in [2.45, 2.75) is 6.92 Å². The molecule has 10 heavy (non-hydrogen) atoms. The van der Waals surface area contributed by atoms with Crippen molar-refractivity contribution in [3.63, 3.8) is 0 Å². The van der Waals surface area contributed by atoms with Gasteiger partial charge in [-0.1, -0.05) is 0 Å². The molecule has 2 N–H and O–H groups in total. The van der Waals surface area contributed by atoms with Crippen molar-refractivity contribution in [2.75, 3.05) is 0 Å². The Morgan fingerprint density at radius 3 is 1.40 bits per heavy atom. The normalized spacial score (nSPS) is 9.40. The molecule has 0 aliphatic heterocycles. The molecule has 0 aromatic carbocycles. The quantitative estimate of drug-likeness (QED) is 0.516. The van der Waals surface area contributed by atoms with E-state index in [1.807, 2.05) is 0 Å². The lowest BCUT2D eigenvalue weighted by Gasteiger charge is -1.99. The Morgan fingerprint density at radius 2 is 1.40 bits per heavy atom. The van der Waals surface area contributed by atoms with Gasteiger partial charge in [-0.2, -0.15) is 0 Å². The van der Waals surface area contributed by atoms with E-state index in [0.717, 1.165) is 6.92 Å². The highest BCUT2D eigenvalue weighted by molar-refractivity contribution is 6.13. The van der Waals surface area contributed by atoms with Crippen molar-refractivity contribution in [2.24, 2.45) is 5.92 Å². The van der Waals surface area contributed by atoms with Crippen molar-refractivity contribution < 1.29 is 24.6 Å². The number of carbonyl (C=O) groups is 3. The van der Waals surface area contributed by atoms with Gasteiger partial charge in [0.15, 0.2) is 5.78 Å². The van der Waals surface area contributed by atoms with E-state index in [2.05, 4.69) is 0 Å². The molecule has 0 spiro atoms. The number of Topliss-reactive ketones (excluding diaryl/α,β-unsaturated/α-hetero) is 1. The summed E-state index contributed by atoms with van der Waals surface area (Å²) in [6, 6.07) is 0. The fraction of sp³-hybridized carbons (Fsp3) is 0.400. The third kappa shape index (κ3) is 1.85. The first kappa shape index (κ1) is 8.61. The zero-order valence-electron chi connectivity index (χ0n) is 5.20. The SMILES string of the molecule is CC(=O)C(C(=O)O)C(=O)O. The second-order valence-electron chi connectivity index (χ2n) is 1.72. The van der Waals surface area contributed by atoms with E-state index in [9.17, 15) is 14.4 Å². The summed E-state index contributed by atoms with van der Waals surface area (Å²) in [4.78, 5) is 30.2. The van der Waals surface area contributed by atoms with Crippen molar-refractivity contribution in [1.82, 2.24) is 0 Å². The highest BCUT2D eigenvalue weighted by Gasteiger charge is 2.30. The standard InChI is InChI=1S/C5H6O5/c1-2(6)3(4(7)8)5(9)10/h3H,1H3,(H,7,8)(H,9,10). The van der Waals surface area contributed by atoms with Gasteiger partial charge in [0.05, 0.1) is 0 Å². The minimum absolute atomic E-state index is 0.875. The third-order valence-corrected chi connectivity index (χ3v) is 0.900. The van der Waals surface area contributed by atoms with Gasteiger partial charge < -0.3 is 10.2 Å². The Morgan fingerprint density at radius 1 is 1.10 bits per heavy atom. The summed E-state index contributed by atoms with van der Waals surface area (Å²) in [5.41, 5.74) is 0. The molecule has 0 rings (SSSR count). The predicted molar refractivity (Wildman–Crippen MR) is 29.4 cm³/mol. The van der Waals surface area contributed by atoms with Crippen LogP contribution >= 0.6 is 0 Å². The van der Waals surface area contributed by atoms with Crippen LogP contribution in [-0.2, 0) is 14.4 Å². The van der Waals surface area contributed by atoms with Crippen LogP contribution in [0, 0.1) is 5.92 Å². The smallest absolute Gasteiger partial charge is 0.325 e. The number of carbonyl (C=O) groups excluding carboxylic acids is 1. The first-order valence-electron chi connectivity index (χ1n) is 2.43. The number of rotatable bonds is 3. The maximum absolute atomic E-state index is 10.3. The molecule has 0 aromatic rings. The van der Waals surface area contributed by atoms with Crippen LogP contribution in [0.3, 0.4) is 0 Å². The molecular weight excluding hydrogens is 140 g/mol. The molecule has 56 valence electrons. The lowest BCUT2D eigenvalue weighted by molar-refractivity contribution is -0.157. The van der Waals surface area contributed by atoms with E-state index in [4.69, 9.17) is 10.2 Å². The Labute approximate surface area is 56.3 Å². The van der Waals surface area contributed by atoms with E-state index < -0.39 is 23.6 Å². The average molecular weight is 146 g/mol. The maximum atomic E-state index is 10.3. The Bertz CT molecular complexity index is 149. The maximum Gasteiger partial charge on any atom is 0.325 e. The molecule has 5 nitrogen and oxygen atoms in total. The lowest BCUT2D eigenvalue weighted by atomic mass is 10.1. The predicted octanol–water partition coefficient (Wildman–Crippen LogP) is -0.639. The molecule has 0 aliphatic carbocycles. The molecule has 0 heterocycles. The van der Waals surface area contributed by atoms with Crippen LogP contribution < -0.4 is 0 Å². The minimum Gasteiger partial charge on any atom is -0.480 e. The number of ketones is 1. The fourth-order valence-corrected chi connectivity index (χ4v) is 0.453. The summed E-state index contributed by atoms with van der Waals surface area (Å²) in [6.07, 6.45) is 0. The van der Waals surface area contributed by atoms with E-state index in [-0.39, 0.29) is 0 Å². The molecule has 0 aliphatic rings. The Balaban J connectivity index is 4.43. The van der Waals surface area contributed by atoms with Crippen molar-refractivity contribution >= 4 is 17.7 Å². The molecule has 0 atom stereocenters. The monoisotopic (exact) mass is 146 g/mol. The highest BCUT2D eigenvalue weighted by Crippen LogP contribution is 1.97. The van der Waals surface area contributed by atoms with E-state index in [1.54, 1.807) is 0 Å². The molecule has 0 saturated heterocycles. The van der Waals surface area contributed by atoms with Crippen LogP contribution in [0.1, 0.15) is 6.92 Å². The Kier molecular flexibility index (Phi) is 2.54. The number of hydrogen-bond donors (Lipinski definition) is 2. The molecule has 5 heteroatoms. The van der Waals surface area contributed by atoms with E-state index >= 15 is 0 Å². The highest BCUT2D eigenvalue weighted by atomic mass is 16.4. The third-order valence-electron chi connectivity index (χ3n) is 0.900. The van der Waals surface area contributed by atoms with Gasteiger partial charge >= 0.3 is 11.9 Å². The van der Waals surface area contributed by atoms with Crippen molar-refractivity contribution in [3.05, 3.63) is 0 Å². The van der Waals surface area contributed by atoms with Crippen molar-refractivity contribution in [3.8, 4) is 0 Å². The summed E-state index contributed by atoms with van der Waals surface area (Å²) in [5, 5.41) is 16.2. The van der Waals surface area contributed by atoms with Gasteiger partial charge in [-0.05, 0) is 6.92 Å². The second kappa shape index (κ2) is 2.95. The summed E-state index contributed by atoms with van der Waals surface area (Å²) in [5.74, 6) is -6.04. The molecule has 0 fully saturated rings. The van der Waals surface area contributed by atoms with Crippen LogP contribution in [0.4, 0.5) is 0 Å². The number of carboxylic acid groups (broad SMARTS) is 2. The van der Waals surface area contributed by atoms with Gasteiger partial charge in [-0.3, -0.25) is 14.4 Å². The van der Waals surface area contributed by atoms with Crippen molar-refractivity contribution in [1.29, 1.82) is 0 Å². The van der Waals surface area contributed by atoms with Crippen LogP contribution in [-0.4, -0.2) is 27.9 Å². The molecule has 0 aromatic heterocycles. The van der Waals surface area contributed by atoms with Crippen LogP contribution in [0.2, 0.25) is 0 Å². The molecular formula is C5H6O5. The first-order valence-corrected chi connectivity index (χ1v) is 2.43. The largest absolute Gasteiger partial charge is 0.480 e. The molecule has 0 saturated carbocycles. The number of carboxylic acids is 2. The summed E-state index contributed by atoms with van der Waals surface area (Å²) >= 11 is 0. The van der Waals surface area contributed by atoms with Gasteiger partial charge in [0.2, 0.25) is 5.92 Å². The van der Waals surface area contributed by atoms with Crippen LogP contribution in [0.5, 0.6) is 0 Å². The van der Waals surface area contributed by atoms with Gasteiger partial charge in [-0.15, -0.1) is 0 Å². The Hall–Kier alpha value is -1.39. The fourth-order valence-electron chi connectivity index (χ4n) is 0.453. The summed E-state index contributed by atoms with van der Waals surface area (Å²) < 4.78 is 0. The van der Waals surface area contributed by atoms with Gasteiger partial charge in [-0.25, -0.2) is 0 Å².